The van der Waals surface area contributed by atoms with Gasteiger partial charge in [-0.25, -0.2) is 8.42 Å². The van der Waals surface area contributed by atoms with Crippen LogP contribution in [-0.4, -0.2) is 50.5 Å². The number of sulfonamides is 1. The van der Waals surface area contributed by atoms with Gasteiger partial charge >= 0.3 is 0 Å². The molecule has 2 aromatic carbocycles. The van der Waals surface area contributed by atoms with Gasteiger partial charge in [-0.15, -0.1) is 0 Å². The maximum absolute atomic E-state index is 13.7. The van der Waals surface area contributed by atoms with Crippen molar-refractivity contribution in [3.8, 4) is 0 Å². The predicted octanol–water partition coefficient (Wildman–Crippen LogP) is 5.65. The molecule has 0 spiro atoms. The first kappa shape index (κ1) is 30.5. The first-order chi connectivity index (χ1) is 16.8. The van der Waals surface area contributed by atoms with E-state index >= 15 is 0 Å². The van der Waals surface area contributed by atoms with Crippen molar-refractivity contribution in [3.63, 3.8) is 0 Å². The summed E-state index contributed by atoms with van der Waals surface area (Å²) >= 11 is 25.0. The Hall–Kier alpha value is -1.71. The molecular formula is C24H29Cl4N3O4S. The minimum atomic E-state index is -3.96. The van der Waals surface area contributed by atoms with E-state index in [1.54, 1.807) is 25.1 Å². The third-order valence-electron chi connectivity index (χ3n) is 5.32. The zero-order chi connectivity index (χ0) is 27.2. The smallest absolute Gasteiger partial charge is 0.244 e. The number of carbonyl (C=O) groups is 2. The molecule has 198 valence electrons. The SMILES string of the molecule is CC[C@@H](C(=O)NCC(C)C)N(Cc1c(Cl)cccc1Cl)C(=O)CN(c1cc(Cl)ccc1Cl)S(C)(=O)=O. The average Bonchev–Trinajstić information content (AvgIpc) is 2.78. The summed E-state index contributed by atoms with van der Waals surface area (Å²) in [5, 5.41) is 3.82. The molecule has 0 aliphatic carbocycles. The number of halogens is 4. The first-order valence-corrected chi connectivity index (χ1v) is 14.5. The van der Waals surface area contributed by atoms with Crippen LogP contribution in [0, 0.1) is 5.92 Å². The van der Waals surface area contributed by atoms with Gasteiger partial charge in [0.2, 0.25) is 21.8 Å². The Morgan fingerprint density at radius 2 is 1.61 bits per heavy atom. The van der Waals surface area contributed by atoms with Crippen LogP contribution >= 0.6 is 46.4 Å². The van der Waals surface area contributed by atoms with Crippen LogP contribution < -0.4 is 9.62 Å². The van der Waals surface area contributed by atoms with Crippen LogP contribution in [0.15, 0.2) is 36.4 Å². The van der Waals surface area contributed by atoms with Gasteiger partial charge in [-0.05, 0) is 42.7 Å². The van der Waals surface area contributed by atoms with Gasteiger partial charge in [0.15, 0.2) is 0 Å². The standard InChI is InChI=1S/C24H29Cl4N3O4S/c1-5-21(24(33)29-12-15(2)3)30(13-17-18(26)7-6-8-19(17)27)23(32)14-31(36(4,34)35)22-11-16(25)9-10-20(22)28/h6-11,15,21H,5,12-14H2,1-4H3,(H,29,33)/t21-/m0/s1. The molecule has 0 saturated heterocycles. The highest BCUT2D eigenvalue weighted by Crippen LogP contribution is 2.32. The van der Waals surface area contributed by atoms with Crippen LogP contribution in [0.1, 0.15) is 32.8 Å². The molecule has 0 aliphatic heterocycles. The van der Waals surface area contributed by atoms with Crippen LogP contribution in [0.2, 0.25) is 20.1 Å². The zero-order valence-electron chi connectivity index (χ0n) is 20.4. The third kappa shape index (κ3) is 8.15. The van der Waals surface area contributed by atoms with E-state index in [4.69, 9.17) is 46.4 Å². The summed E-state index contributed by atoms with van der Waals surface area (Å²) in [6.45, 7) is 5.35. The predicted molar refractivity (Wildman–Crippen MR) is 148 cm³/mol. The van der Waals surface area contributed by atoms with Crippen LogP contribution in [0.5, 0.6) is 0 Å². The van der Waals surface area contributed by atoms with Gasteiger partial charge in [0.1, 0.15) is 12.6 Å². The van der Waals surface area contributed by atoms with E-state index in [0.29, 0.717) is 22.2 Å². The second-order valence-electron chi connectivity index (χ2n) is 8.65. The summed E-state index contributed by atoms with van der Waals surface area (Å²) in [7, 11) is -3.96. The number of hydrogen-bond donors (Lipinski definition) is 1. The fourth-order valence-electron chi connectivity index (χ4n) is 3.47. The van der Waals surface area contributed by atoms with Gasteiger partial charge in [0.25, 0.3) is 0 Å². The highest BCUT2D eigenvalue weighted by atomic mass is 35.5. The van der Waals surface area contributed by atoms with Crippen LogP contribution in [0.4, 0.5) is 5.69 Å². The van der Waals surface area contributed by atoms with Gasteiger partial charge in [0.05, 0.1) is 17.0 Å². The van der Waals surface area contributed by atoms with Crippen molar-refractivity contribution in [3.05, 3.63) is 62.1 Å². The fourth-order valence-corrected chi connectivity index (χ4v) is 5.27. The van der Waals surface area contributed by atoms with Crippen molar-refractivity contribution in [1.29, 1.82) is 0 Å². The van der Waals surface area contributed by atoms with Crippen molar-refractivity contribution in [2.45, 2.75) is 39.8 Å². The molecule has 2 aromatic rings. The van der Waals surface area contributed by atoms with Crippen LogP contribution in [0.3, 0.4) is 0 Å². The molecule has 0 unspecified atom stereocenters. The molecule has 0 fully saturated rings. The molecule has 0 radical (unpaired) electrons. The van der Waals surface area contributed by atoms with Crippen LogP contribution in [-0.2, 0) is 26.2 Å². The van der Waals surface area contributed by atoms with E-state index in [0.717, 1.165) is 10.6 Å². The van der Waals surface area contributed by atoms with Crippen molar-refractivity contribution in [1.82, 2.24) is 10.2 Å². The molecule has 0 saturated carbocycles. The quantitative estimate of drug-likeness (QED) is 0.363. The lowest BCUT2D eigenvalue weighted by atomic mass is 10.1. The Kier molecular flexibility index (Phi) is 11.2. The van der Waals surface area contributed by atoms with E-state index in [-0.39, 0.29) is 40.5 Å². The first-order valence-electron chi connectivity index (χ1n) is 11.2. The van der Waals surface area contributed by atoms with E-state index in [1.165, 1.54) is 23.1 Å². The Labute approximate surface area is 232 Å². The average molecular weight is 597 g/mol. The van der Waals surface area contributed by atoms with Crippen molar-refractivity contribution in [2.24, 2.45) is 5.92 Å². The van der Waals surface area contributed by atoms with Gasteiger partial charge < -0.3 is 10.2 Å². The molecule has 0 aromatic heterocycles. The minimum absolute atomic E-state index is 0.0491. The lowest BCUT2D eigenvalue weighted by Gasteiger charge is -2.33. The fraction of sp³-hybridized carbons (Fsp3) is 0.417. The summed E-state index contributed by atoms with van der Waals surface area (Å²) < 4.78 is 26.3. The molecular weight excluding hydrogens is 568 g/mol. The highest BCUT2D eigenvalue weighted by molar-refractivity contribution is 7.92. The number of amides is 2. The molecule has 1 atom stereocenters. The Balaban J connectivity index is 2.53. The molecule has 0 bridgehead atoms. The van der Waals surface area contributed by atoms with E-state index in [9.17, 15) is 18.0 Å². The molecule has 36 heavy (non-hydrogen) atoms. The van der Waals surface area contributed by atoms with E-state index in [1.807, 2.05) is 13.8 Å². The summed E-state index contributed by atoms with van der Waals surface area (Å²) in [5.41, 5.74) is 0.490. The van der Waals surface area contributed by atoms with Crippen molar-refractivity contribution in [2.75, 3.05) is 23.7 Å². The maximum atomic E-state index is 13.7. The van der Waals surface area contributed by atoms with Gasteiger partial charge in [-0.1, -0.05) is 73.2 Å². The number of carbonyl (C=O) groups excluding carboxylic acids is 2. The third-order valence-corrected chi connectivity index (χ3v) is 7.71. The van der Waals surface area contributed by atoms with E-state index < -0.39 is 28.5 Å². The highest BCUT2D eigenvalue weighted by Gasteiger charge is 2.33. The number of anilines is 1. The monoisotopic (exact) mass is 595 g/mol. The van der Waals surface area contributed by atoms with Crippen LogP contribution in [0.25, 0.3) is 0 Å². The summed E-state index contributed by atoms with van der Waals surface area (Å²) in [5.74, 6) is -0.812. The second-order valence-corrected chi connectivity index (χ2v) is 12.2. The number of nitrogens with one attached hydrogen (secondary N) is 1. The molecule has 0 aliphatic rings. The molecule has 2 amide bonds. The molecule has 2 rings (SSSR count). The number of nitrogens with zero attached hydrogens (tertiary/aromatic N) is 2. The summed E-state index contributed by atoms with van der Waals surface area (Å²) in [6, 6.07) is 8.32. The van der Waals surface area contributed by atoms with Gasteiger partial charge in [0, 0.05) is 33.7 Å². The van der Waals surface area contributed by atoms with Crippen molar-refractivity contribution < 1.29 is 18.0 Å². The summed E-state index contributed by atoms with van der Waals surface area (Å²) in [4.78, 5) is 28.1. The number of rotatable bonds is 11. The maximum Gasteiger partial charge on any atom is 0.244 e. The topological polar surface area (TPSA) is 86.8 Å². The van der Waals surface area contributed by atoms with Gasteiger partial charge in [-0.3, -0.25) is 13.9 Å². The van der Waals surface area contributed by atoms with Crippen molar-refractivity contribution >= 4 is 73.9 Å². The normalized spacial score (nSPS) is 12.4. The largest absolute Gasteiger partial charge is 0.354 e. The lowest BCUT2D eigenvalue weighted by molar-refractivity contribution is -0.140. The Morgan fingerprint density at radius 1 is 1.00 bits per heavy atom. The van der Waals surface area contributed by atoms with E-state index in [2.05, 4.69) is 5.32 Å². The Morgan fingerprint density at radius 3 is 2.14 bits per heavy atom. The Bertz CT molecular complexity index is 1190. The second kappa shape index (κ2) is 13.2. The zero-order valence-corrected chi connectivity index (χ0v) is 24.2. The van der Waals surface area contributed by atoms with Gasteiger partial charge in [-0.2, -0.15) is 0 Å². The number of hydrogen-bond acceptors (Lipinski definition) is 4. The lowest BCUT2D eigenvalue weighted by Crippen LogP contribution is -2.52. The minimum Gasteiger partial charge on any atom is -0.354 e. The number of benzene rings is 2. The molecule has 12 heteroatoms. The summed E-state index contributed by atoms with van der Waals surface area (Å²) in [6.07, 6.45) is 1.23. The molecule has 7 nitrogen and oxygen atoms in total. The molecule has 1 N–H and O–H groups in total. The molecule has 0 heterocycles.